The molecule has 0 unspecified atom stereocenters. The Morgan fingerprint density at radius 2 is 1.68 bits per heavy atom. The summed E-state index contributed by atoms with van der Waals surface area (Å²) in [7, 11) is -1.84. The molecule has 0 rings (SSSR count). The van der Waals surface area contributed by atoms with Gasteiger partial charge in [0.2, 0.25) is 0 Å². The minimum Gasteiger partial charge on any atom is -0.462 e. The highest BCUT2D eigenvalue weighted by Crippen LogP contribution is 2.42. The van der Waals surface area contributed by atoms with Gasteiger partial charge < -0.3 is 9.16 Å². The van der Waals surface area contributed by atoms with Gasteiger partial charge in [-0.3, -0.25) is 0 Å². The predicted octanol–water partition coefficient (Wildman–Crippen LogP) is 4.34. The molecule has 0 aromatic carbocycles. The van der Waals surface area contributed by atoms with E-state index in [2.05, 4.69) is 62.8 Å². The zero-order valence-electron chi connectivity index (χ0n) is 14.9. The molecule has 0 atom stereocenters. The molecule has 0 aliphatic carbocycles. The summed E-state index contributed by atoms with van der Waals surface area (Å²) in [6.45, 7) is 16.8. The maximum absolute atomic E-state index is 11.2. The van der Waals surface area contributed by atoms with Crippen LogP contribution in [0.15, 0.2) is 5.10 Å². The van der Waals surface area contributed by atoms with Gasteiger partial charge in [-0.25, -0.2) is 8.83 Å². The highest BCUT2D eigenvalue weighted by molar-refractivity contribution is 9.07. The van der Waals surface area contributed by atoms with Gasteiger partial charge in [-0.05, 0) is 23.5 Å². The number of hydrogen-bond acceptors (Lipinski definition) is 5. The highest BCUT2D eigenvalue weighted by atomic mass is 79.9. The molecule has 130 valence electrons. The largest absolute Gasteiger partial charge is 0.462 e. The van der Waals surface area contributed by atoms with Gasteiger partial charge in [0.1, 0.15) is 6.21 Å². The Morgan fingerprint density at radius 1 is 1.18 bits per heavy atom. The highest BCUT2D eigenvalue weighted by Gasteiger charge is 2.44. The number of carbonyl (C=O) groups is 1. The summed E-state index contributed by atoms with van der Waals surface area (Å²) in [5.41, 5.74) is 1.66. The van der Waals surface area contributed by atoms with Crippen LogP contribution in [0.25, 0.3) is 0 Å². The minimum atomic E-state index is -1.84. The van der Waals surface area contributed by atoms with Gasteiger partial charge in [0.05, 0.1) is 35.9 Å². The Balaban J connectivity index is 4.54. The van der Waals surface area contributed by atoms with Crippen LogP contribution in [0.3, 0.4) is 0 Å². The van der Waals surface area contributed by atoms with Crippen molar-refractivity contribution in [3.05, 3.63) is 0 Å². The maximum atomic E-state index is 11.2. The van der Waals surface area contributed by atoms with Gasteiger partial charge in [0.25, 0.3) is 0 Å². The molecule has 0 radical (unpaired) electrons. The first kappa shape index (κ1) is 21.6. The van der Waals surface area contributed by atoms with Gasteiger partial charge in [-0.2, -0.15) is 5.10 Å². The first-order valence-corrected chi connectivity index (χ1v) is 10.8. The van der Waals surface area contributed by atoms with Crippen molar-refractivity contribution in [2.24, 2.45) is 5.10 Å². The van der Waals surface area contributed by atoms with Gasteiger partial charge in [0, 0.05) is 0 Å². The Hall–Kier alpha value is -0.403. The summed E-state index contributed by atoms with van der Waals surface area (Å²) >= 11 is 3.30. The number of rotatable bonds is 10. The van der Waals surface area contributed by atoms with Crippen LogP contribution in [0.2, 0.25) is 16.6 Å². The Labute approximate surface area is 144 Å². The second kappa shape index (κ2) is 10.4. The lowest BCUT2D eigenvalue weighted by Gasteiger charge is -2.42. The third-order valence-electron chi connectivity index (χ3n) is 3.91. The van der Waals surface area contributed by atoms with E-state index in [1.165, 1.54) is 4.03 Å². The third-order valence-corrected chi connectivity index (χ3v) is 10.6. The van der Waals surface area contributed by atoms with Gasteiger partial charge in [-0.15, -0.1) is 0 Å². The SMILES string of the molecule is CCOC(=O)/C=N\N(Br)CCO[Si](C(C)C)(C(C)C)C(C)C. The Morgan fingerprint density at radius 3 is 2.09 bits per heavy atom. The molecule has 7 heteroatoms. The van der Waals surface area contributed by atoms with Crippen molar-refractivity contribution >= 4 is 36.6 Å². The van der Waals surface area contributed by atoms with E-state index in [9.17, 15) is 4.79 Å². The monoisotopic (exact) mass is 394 g/mol. The van der Waals surface area contributed by atoms with Crippen molar-refractivity contribution < 1.29 is 14.0 Å². The van der Waals surface area contributed by atoms with E-state index in [0.29, 0.717) is 36.4 Å². The van der Waals surface area contributed by atoms with E-state index in [0.717, 1.165) is 6.21 Å². The number of hydrogen-bond donors (Lipinski definition) is 0. The zero-order chi connectivity index (χ0) is 17.3. The predicted molar refractivity (Wildman–Crippen MR) is 97.8 cm³/mol. The molecule has 0 aliphatic heterocycles. The number of halogens is 1. The standard InChI is InChI=1S/C15H31BrN2O3Si/c1-8-20-15(19)11-17-18(16)9-10-21-22(12(2)3,13(4)5)14(6)7/h11-14H,8-10H2,1-7H3/b17-11-. The topological polar surface area (TPSA) is 51.1 Å². The summed E-state index contributed by atoms with van der Waals surface area (Å²) in [6, 6.07) is 0. The molecule has 0 aromatic heterocycles. The molecule has 0 saturated carbocycles. The van der Waals surface area contributed by atoms with E-state index in [4.69, 9.17) is 9.16 Å². The molecule has 0 aromatic rings. The normalized spacial score (nSPS) is 12.7. The van der Waals surface area contributed by atoms with Crippen molar-refractivity contribution in [2.45, 2.75) is 65.1 Å². The second-order valence-corrected chi connectivity index (χ2v) is 12.5. The van der Waals surface area contributed by atoms with Crippen molar-refractivity contribution in [1.82, 2.24) is 4.03 Å². The number of esters is 1. The summed E-state index contributed by atoms with van der Waals surface area (Å²) in [5.74, 6) is -0.442. The average Bonchev–Trinajstić information content (AvgIpc) is 2.40. The fourth-order valence-electron chi connectivity index (χ4n) is 3.14. The lowest BCUT2D eigenvalue weighted by Crippen LogP contribution is -2.48. The quantitative estimate of drug-likeness (QED) is 0.182. The maximum Gasteiger partial charge on any atom is 0.351 e. The average molecular weight is 395 g/mol. The van der Waals surface area contributed by atoms with Crippen molar-refractivity contribution in [3.63, 3.8) is 0 Å². The van der Waals surface area contributed by atoms with Crippen LogP contribution in [0.1, 0.15) is 48.5 Å². The molecule has 0 spiro atoms. The first-order valence-electron chi connectivity index (χ1n) is 7.96. The second-order valence-electron chi connectivity index (χ2n) is 6.22. The molecule has 0 heterocycles. The fourth-order valence-corrected chi connectivity index (χ4v) is 8.83. The minimum absolute atomic E-state index is 0.349. The van der Waals surface area contributed by atoms with E-state index >= 15 is 0 Å². The van der Waals surface area contributed by atoms with Crippen molar-refractivity contribution in [1.29, 1.82) is 0 Å². The lowest BCUT2D eigenvalue weighted by molar-refractivity contribution is -0.134. The molecule has 0 saturated heterocycles. The molecule has 22 heavy (non-hydrogen) atoms. The third kappa shape index (κ3) is 6.38. The van der Waals surface area contributed by atoms with Crippen molar-refractivity contribution in [3.8, 4) is 0 Å². The summed E-state index contributed by atoms with van der Waals surface area (Å²) in [6.07, 6.45) is 1.16. The van der Waals surface area contributed by atoms with Crippen LogP contribution in [0.4, 0.5) is 0 Å². The van der Waals surface area contributed by atoms with Crippen LogP contribution >= 0.6 is 16.1 Å². The number of hydrazone groups is 1. The summed E-state index contributed by atoms with van der Waals surface area (Å²) in [4.78, 5) is 11.2. The smallest absolute Gasteiger partial charge is 0.351 e. The van der Waals surface area contributed by atoms with Crippen LogP contribution in [0.5, 0.6) is 0 Å². The van der Waals surface area contributed by atoms with Crippen LogP contribution in [0, 0.1) is 0 Å². The molecule has 0 fully saturated rings. The van der Waals surface area contributed by atoms with Crippen LogP contribution in [-0.4, -0.2) is 44.3 Å². The van der Waals surface area contributed by atoms with Crippen molar-refractivity contribution in [2.75, 3.05) is 19.8 Å². The molecule has 0 N–H and O–H groups in total. The van der Waals surface area contributed by atoms with Crippen LogP contribution < -0.4 is 0 Å². The van der Waals surface area contributed by atoms with Gasteiger partial charge in [0.15, 0.2) is 8.32 Å². The fraction of sp³-hybridized carbons (Fsp3) is 0.867. The number of ether oxygens (including phenoxy) is 1. The molecule has 0 aliphatic rings. The summed E-state index contributed by atoms with van der Waals surface area (Å²) < 4.78 is 12.7. The van der Waals surface area contributed by atoms with E-state index in [1.54, 1.807) is 6.92 Å². The lowest BCUT2D eigenvalue weighted by atomic mass is 10.5. The molecular formula is C15H31BrN2O3Si. The number of carbonyl (C=O) groups excluding carboxylic acids is 1. The molecule has 5 nitrogen and oxygen atoms in total. The molecule has 0 bridgehead atoms. The number of nitrogens with zero attached hydrogens (tertiary/aromatic N) is 2. The van der Waals surface area contributed by atoms with Gasteiger partial charge in [-0.1, -0.05) is 41.5 Å². The van der Waals surface area contributed by atoms with E-state index in [-0.39, 0.29) is 0 Å². The molecular weight excluding hydrogens is 364 g/mol. The Kier molecular flexibility index (Phi) is 10.2. The Bertz CT molecular complexity index is 341. The van der Waals surface area contributed by atoms with Crippen LogP contribution in [-0.2, 0) is 14.0 Å². The molecule has 0 amide bonds. The van der Waals surface area contributed by atoms with Gasteiger partial charge >= 0.3 is 5.97 Å². The van der Waals surface area contributed by atoms with E-state index in [1.807, 2.05) is 0 Å². The zero-order valence-corrected chi connectivity index (χ0v) is 17.5. The first-order chi connectivity index (χ1) is 10.2. The van der Waals surface area contributed by atoms with E-state index < -0.39 is 14.3 Å². The summed E-state index contributed by atoms with van der Waals surface area (Å²) in [5, 5.41) is 3.98.